The second kappa shape index (κ2) is 6.06. The van der Waals surface area contributed by atoms with E-state index in [0.717, 1.165) is 25.4 Å². The number of benzene rings is 1. The van der Waals surface area contributed by atoms with E-state index >= 15 is 0 Å². The number of nitrogens with one attached hydrogen (secondary N) is 1. The van der Waals surface area contributed by atoms with Gasteiger partial charge in [0.1, 0.15) is 5.75 Å². The highest BCUT2D eigenvalue weighted by Gasteiger charge is 2.24. The van der Waals surface area contributed by atoms with Crippen LogP contribution in [-0.4, -0.2) is 42.6 Å². The number of ether oxygens (including phenoxy) is 1. The van der Waals surface area contributed by atoms with E-state index in [1.54, 1.807) is 0 Å². The van der Waals surface area contributed by atoms with Crippen molar-refractivity contribution in [1.82, 2.24) is 10.2 Å². The molecule has 19 heavy (non-hydrogen) atoms. The Morgan fingerprint density at radius 1 is 1.47 bits per heavy atom. The topological polar surface area (TPSA) is 41.6 Å². The minimum absolute atomic E-state index is 0.0863. The molecule has 1 amide bonds. The van der Waals surface area contributed by atoms with Crippen LogP contribution in [0.25, 0.3) is 0 Å². The summed E-state index contributed by atoms with van der Waals surface area (Å²) >= 11 is 0. The van der Waals surface area contributed by atoms with Gasteiger partial charge in [0, 0.05) is 31.2 Å². The van der Waals surface area contributed by atoms with E-state index in [0.29, 0.717) is 5.56 Å². The molecular formula is C15H22N2O2. The molecule has 4 heteroatoms. The maximum Gasteiger partial charge on any atom is 0.254 e. The molecule has 0 aliphatic carbocycles. The molecule has 1 aliphatic heterocycles. The van der Waals surface area contributed by atoms with E-state index in [1.165, 1.54) is 0 Å². The van der Waals surface area contributed by atoms with Gasteiger partial charge in [-0.05, 0) is 39.0 Å². The SMILES string of the molecule is CC(C)Oc1cccc(C(=O)N2CCNC[C@@H]2C)c1. The number of carbonyl (C=O) groups excluding carboxylic acids is 1. The van der Waals surface area contributed by atoms with Crippen LogP contribution in [0.15, 0.2) is 24.3 Å². The van der Waals surface area contributed by atoms with Crippen molar-refractivity contribution < 1.29 is 9.53 Å². The number of carbonyl (C=O) groups is 1. The van der Waals surface area contributed by atoms with Gasteiger partial charge in [-0.3, -0.25) is 4.79 Å². The van der Waals surface area contributed by atoms with Crippen LogP contribution in [0.4, 0.5) is 0 Å². The number of amides is 1. The summed E-state index contributed by atoms with van der Waals surface area (Å²) in [5.41, 5.74) is 0.701. The van der Waals surface area contributed by atoms with Gasteiger partial charge in [0.25, 0.3) is 5.91 Å². The van der Waals surface area contributed by atoms with E-state index in [-0.39, 0.29) is 18.1 Å². The second-order valence-corrected chi connectivity index (χ2v) is 5.25. The lowest BCUT2D eigenvalue weighted by atomic mass is 10.1. The van der Waals surface area contributed by atoms with E-state index in [9.17, 15) is 4.79 Å². The highest BCUT2D eigenvalue weighted by molar-refractivity contribution is 5.94. The zero-order valence-electron chi connectivity index (χ0n) is 11.8. The van der Waals surface area contributed by atoms with Crippen molar-refractivity contribution in [3.63, 3.8) is 0 Å². The Morgan fingerprint density at radius 3 is 2.95 bits per heavy atom. The minimum Gasteiger partial charge on any atom is -0.491 e. The van der Waals surface area contributed by atoms with Gasteiger partial charge in [-0.25, -0.2) is 0 Å². The molecule has 0 bridgehead atoms. The molecule has 1 saturated heterocycles. The van der Waals surface area contributed by atoms with Crippen molar-refractivity contribution in [2.45, 2.75) is 32.9 Å². The fourth-order valence-corrected chi connectivity index (χ4v) is 2.28. The Bertz CT molecular complexity index is 446. The number of rotatable bonds is 3. The first-order valence-electron chi connectivity index (χ1n) is 6.86. The minimum atomic E-state index is 0.0863. The largest absolute Gasteiger partial charge is 0.491 e. The number of piperazine rings is 1. The Morgan fingerprint density at radius 2 is 2.26 bits per heavy atom. The third-order valence-electron chi connectivity index (χ3n) is 3.21. The lowest BCUT2D eigenvalue weighted by Gasteiger charge is -2.34. The first-order chi connectivity index (χ1) is 9.08. The van der Waals surface area contributed by atoms with E-state index in [4.69, 9.17) is 4.74 Å². The normalized spacial score (nSPS) is 19.6. The lowest BCUT2D eigenvalue weighted by Crippen LogP contribution is -2.52. The molecule has 0 saturated carbocycles. The molecule has 2 rings (SSSR count). The fourth-order valence-electron chi connectivity index (χ4n) is 2.28. The summed E-state index contributed by atoms with van der Waals surface area (Å²) in [6, 6.07) is 7.67. The van der Waals surface area contributed by atoms with Crippen LogP contribution in [0.5, 0.6) is 5.75 Å². The first kappa shape index (κ1) is 13.9. The Labute approximate surface area is 114 Å². The smallest absolute Gasteiger partial charge is 0.254 e. The Balaban J connectivity index is 2.14. The van der Waals surface area contributed by atoms with Gasteiger partial charge < -0.3 is 15.0 Å². The monoisotopic (exact) mass is 262 g/mol. The zero-order chi connectivity index (χ0) is 13.8. The molecular weight excluding hydrogens is 240 g/mol. The quantitative estimate of drug-likeness (QED) is 0.904. The molecule has 104 valence electrons. The van der Waals surface area contributed by atoms with Gasteiger partial charge in [-0.15, -0.1) is 0 Å². The van der Waals surface area contributed by atoms with Crippen molar-refractivity contribution in [1.29, 1.82) is 0 Å². The molecule has 1 N–H and O–H groups in total. The summed E-state index contributed by atoms with van der Waals surface area (Å²) in [5.74, 6) is 0.840. The summed E-state index contributed by atoms with van der Waals surface area (Å²) in [6.07, 6.45) is 0.114. The van der Waals surface area contributed by atoms with Gasteiger partial charge in [0.05, 0.1) is 6.10 Å². The van der Waals surface area contributed by atoms with Crippen LogP contribution >= 0.6 is 0 Å². The zero-order valence-corrected chi connectivity index (χ0v) is 11.8. The second-order valence-electron chi connectivity index (χ2n) is 5.25. The fraction of sp³-hybridized carbons (Fsp3) is 0.533. The summed E-state index contributed by atoms with van der Waals surface area (Å²) in [4.78, 5) is 14.4. The molecule has 1 aromatic carbocycles. The highest BCUT2D eigenvalue weighted by Crippen LogP contribution is 2.17. The molecule has 0 spiro atoms. The maximum atomic E-state index is 12.5. The summed E-state index contributed by atoms with van der Waals surface area (Å²) in [7, 11) is 0. The van der Waals surface area contributed by atoms with Crippen LogP contribution in [0.3, 0.4) is 0 Å². The van der Waals surface area contributed by atoms with Gasteiger partial charge in [0.2, 0.25) is 0 Å². The van der Waals surface area contributed by atoms with E-state index in [2.05, 4.69) is 12.2 Å². The van der Waals surface area contributed by atoms with Crippen molar-refractivity contribution in [2.75, 3.05) is 19.6 Å². The van der Waals surface area contributed by atoms with Crippen LogP contribution in [0.1, 0.15) is 31.1 Å². The molecule has 0 aromatic heterocycles. The van der Waals surface area contributed by atoms with E-state index < -0.39 is 0 Å². The molecule has 4 nitrogen and oxygen atoms in total. The van der Waals surface area contributed by atoms with Crippen molar-refractivity contribution >= 4 is 5.91 Å². The average Bonchev–Trinajstić information content (AvgIpc) is 2.38. The molecule has 1 heterocycles. The number of nitrogens with zero attached hydrogens (tertiary/aromatic N) is 1. The Kier molecular flexibility index (Phi) is 4.43. The predicted octanol–water partition coefficient (Wildman–Crippen LogP) is 1.91. The van der Waals surface area contributed by atoms with Gasteiger partial charge in [-0.1, -0.05) is 6.07 Å². The third-order valence-corrected chi connectivity index (χ3v) is 3.21. The predicted molar refractivity (Wildman–Crippen MR) is 75.6 cm³/mol. The third kappa shape index (κ3) is 3.47. The maximum absolute atomic E-state index is 12.5. The van der Waals surface area contributed by atoms with Crippen molar-refractivity contribution in [3.8, 4) is 5.75 Å². The molecule has 1 aliphatic rings. The standard InChI is InChI=1S/C15H22N2O2/c1-11(2)19-14-6-4-5-13(9-14)15(18)17-8-7-16-10-12(17)3/h4-6,9,11-12,16H,7-8,10H2,1-3H3/t12-/m0/s1. The van der Waals surface area contributed by atoms with E-state index in [1.807, 2.05) is 43.0 Å². The van der Waals surface area contributed by atoms with Crippen molar-refractivity contribution in [3.05, 3.63) is 29.8 Å². The molecule has 1 aromatic rings. The summed E-state index contributed by atoms with van der Waals surface area (Å²) in [6.45, 7) is 8.50. The van der Waals surface area contributed by atoms with Gasteiger partial charge >= 0.3 is 0 Å². The van der Waals surface area contributed by atoms with Gasteiger partial charge in [-0.2, -0.15) is 0 Å². The van der Waals surface area contributed by atoms with Crippen LogP contribution in [-0.2, 0) is 0 Å². The molecule has 1 atom stereocenters. The van der Waals surface area contributed by atoms with Crippen LogP contribution in [0, 0.1) is 0 Å². The first-order valence-corrected chi connectivity index (χ1v) is 6.86. The van der Waals surface area contributed by atoms with Crippen LogP contribution in [0.2, 0.25) is 0 Å². The lowest BCUT2D eigenvalue weighted by molar-refractivity contribution is 0.0655. The number of hydrogen-bond acceptors (Lipinski definition) is 3. The highest BCUT2D eigenvalue weighted by atomic mass is 16.5. The summed E-state index contributed by atoms with van der Waals surface area (Å²) < 4.78 is 5.64. The van der Waals surface area contributed by atoms with Crippen molar-refractivity contribution in [2.24, 2.45) is 0 Å². The van der Waals surface area contributed by atoms with Gasteiger partial charge in [0.15, 0.2) is 0 Å². The summed E-state index contributed by atoms with van der Waals surface area (Å²) in [5, 5.41) is 3.29. The molecule has 0 unspecified atom stereocenters. The number of hydrogen-bond donors (Lipinski definition) is 1. The average molecular weight is 262 g/mol. The van der Waals surface area contributed by atoms with Crippen LogP contribution < -0.4 is 10.1 Å². The molecule has 0 radical (unpaired) electrons. The molecule has 1 fully saturated rings. The Hall–Kier alpha value is -1.55.